The lowest BCUT2D eigenvalue weighted by atomic mass is 9.95. The van der Waals surface area contributed by atoms with Gasteiger partial charge in [0.1, 0.15) is 0 Å². The van der Waals surface area contributed by atoms with Crippen LogP contribution < -0.4 is 5.73 Å². The smallest absolute Gasteiger partial charge is 0.227 e. The summed E-state index contributed by atoms with van der Waals surface area (Å²) in [6.07, 6.45) is 3.58. The van der Waals surface area contributed by atoms with E-state index in [1.54, 1.807) is 0 Å². The Balaban J connectivity index is 1.93. The number of likely N-dealkylation sites (tertiary alicyclic amines) is 2. The summed E-state index contributed by atoms with van der Waals surface area (Å²) in [6.45, 7) is 6.83. The molecule has 0 radical (unpaired) electrons. The van der Waals surface area contributed by atoms with Gasteiger partial charge < -0.3 is 15.5 Å². The first-order valence-electron chi connectivity index (χ1n) is 7.86. The molecular weight excluding hydrogens is 254 g/mol. The van der Waals surface area contributed by atoms with Crippen LogP contribution in [0.25, 0.3) is 0 Å². The largest absolute Gasteiger partial charge is 0.342 e. The molecule has 2 N–H and O–H groups in total. The minimum Gasteiger partial charge on any atom is -0.342 e. The summed E-state index contributed by atoms with van der Waals surface area (Å²) < 4.78 is 0. The molecule has 2 rings (SSSR count). The van der Waals surface area contributed by atoms with Crippen LogP contribution in [0.2, 0.25) is 0 Å². The zero-order chi connectivity index (χ0) is 14.7. The van der Waals surface area contributed by atoms with Crippen molar-refractivity contribution in [3.05, 3.63) is 0 Å². The van der Waals surface area contributed by atoms with E-state index >= 15 is 0 Å². The number of amides is 2. The average Bonchev–Trinajstić information content (AvgIpc) is 2.91. The van der Waals surface area contributed by atoms with E-state index in [2.05, 4.69) is 0 Å². The zero-order valence-electron chi connectivity index (χ0n) is 12.7. The lowest BCUT2D eigenvalue weighted by Crippen LogP contribution is -2.47. The molecule has 2 aliphatic heterocycles. The highest BCUT2D eigenvalue weighted by molar-refractivity contribution is 5.82. The molecule has 0 aromatic rings. The number of rotatable bonds is 3. The van der Waals surface area contributed by atoms with Gasteiger partial charge in [-0.25, -0.2) is 0 Å². The van der Waals surface area contributed by atoms with Crippen molar-refractivity contribution in [2.45, 2.75) is 45.6 Å². The Kier molecular flexibility index (Phi) is 5.02. The van der Waals surface area contributed by atoms with Crippen LogP contribution in [0, 0.1) is 11.8 Å². The van der Waals surface area contributed by atoms with E-state index in [4.69, 9.17) is 5.73 Å². The van der Waals surface area contributed by atoms with Crippen LogP contribution in [0.3, 0.4) is 0 Å². The Morgan fingerprint density at radius 1 is 1.20 bits per heavy atom. The summed E-state index contributed by atoms with van der Waals surface area (Å²) in [7, 11) is 0. The second kappa shape index (κ2) is 6.57. The van der Waals surface area contributed by atoms with Gasteiger partial charge in [-0.15, -0.1) is 0 Å². The molecule has 3 atom stereocenters. The van der Waals surface area contributed by atoms with E-state index in [1.165, 1.54) is 0 Å². The summed E-state index contributed by atoms with van der Waals surface area (Å²) in [6, 6.07) is 0.125. The zero-order valence-corrected chi connectivity index (χ0v) is 12.7. The van der Waals surface area contributed by atoms with Gasteiger partial charge in [0.05, 0.1) is 5.92 Å². The summed E-state index contributed by atoms with van der Waals surface area (Å²) in [5.41, 5.74) is 5.87. The quantitative estimate of drug-likeness (QED) is 0.833. The highest BCUT2D eigenvalue weighted by Gasteiger charge is 2.34. The van der Waals surface area contributed by atoms with E-state index in [9.17, 15) is 9.59 Å². The fraction of sp³-hybridized carbons (Fsp3) is 0.867. The van der Waals surface area contributed by atoms with Crippen LogP contribution in [-0.4, -0.2) is 53.8 Å². The van der Waals surface area contributed by atoms with E-state index in [1.807, 2.05) is 23.6 Å². The Morgan fingerprint density at radius 2 is 1.95 bits per heavy atom. The summed E-state index contributed by atoms with van der Waals surface area (Å²) in [4.78, 5) is 28.5. The predicted molar refractivity (Wildman–Crippen MR) is 77.9 cm³/mol. The van der Waals surface area contributed by atoms with Gasteiger partial charge in [0.15, 0.2) is 0 Å². The highest BCUT2D eigenvalue weighted by Crippen LogP contribution is 2.22. The molecule has 2 heterocycles. The third-order valence-corrected chi connectivity index (χ3v) is 4.65. The highest BCUT2D eigenvalue weighted by atomic mass is 16.2. The van der Waals surface area contributed by atoms with Gasteiger partial charge in [-0.1, -0.05) is 13.8 Å². The summed E-state index contributed by atoms with van der Waals surface area (Å²) >= 11 is 0. The molecule has 5 heteroatoms. The summed E-state index contributed by atoms with van der Waals surface area (Å²) in [5, 5.41) is 0. The third kappa shape index (κ3) is 3.32. The molecule has 114 valence electrons. The molecule has 0 spiro atoms. The minimum atomic E-state index is -0.0259. The van der Waals surface area contributed by atoms with Gasteiger partial charge >= 0.3 is 0 Å². The topological polar surface area (TPSA) is 66.6 Å². The number of carbonyl (C=O) groups excluding carboxylic acids is 2. The Morgan fingerprint density at radius 3 is 2.55 bits per heavy atom. The molecular formula is C15H27N3O2. The van der Waals surface area contributed by atoms with Crippen LogP contribution in [0.5, 0.6) is 0 Å². The molecule has 0 aromatic heterocycles. The van der Waals surface area contributed by atoms with E-state index < -0.39 is 0 Å². The first kappa shape index (κ1) is 15.3. The molecule has 2 unspecified atom stereocenters. The van der Waals surface area contributed by atoms with E-state index in [0.717, 1.165) is 38.8 Å². The van der Waals surface area contributed by atoms with Crippen molar-refractivity contribution in [1.29, 1.82) is 0 Å². The monoisotopic (exact) mass is 281 g/mol. The average molecular weight is 281 g/mol. The molecule has 0 saturated carbocycles. The van der Waals surface area contributed by atoms with Gasteiger partial charge in [0.25, 0.3) is 0 Å². The van der Waals surface area contributed by atoms with Crippen molar-refractivity contribution < 1.29 is 9.59 Å². The van der Waals surface area contributed by atoms with Gasteiger partial charge in [0, 0.05) is 38.1 Å². The molecule has 20 heavy (non-hydrogen) atoms. The van der Waals surface area contributed by atoms with Crippen LogP contribution >= 0.6 is 0 Å². The van der Waals surface area contributed by atoms with Crippen LogP contribution in [0.15, 0.2) is 0 Å². The Labute approximate surface area is 121 Å². The maximum absolute atomic E-state index is 12.5. The molecule has 2 fully saturated rings. The minimum absolute atomic E-state index is 0.0259. The maximum atomic E-state index is 12.5. The third-order valence-electron chi connectivity index (χ3n) is 4.65. The van der Waals surface area contributed by atoms with Gasteiger partial charge in [-0.2, -0.15) is 0 Å². The number of nitrogens with two attached hydrogens (primary N) is 1. The predicted octanol–water partition coefficient (Wildman–Crippen LogP) is 0.831. The fourth-order valence-corrected chi connectivity index (χ4v) is 3.11. The fourth-order valence-electron chi connectivity index (χ4n) is 3.11. The summed E-state index contributed by atoms with van der Waals surface area (Å²) in [5.74, 6) is 0.425. The van der Waals surface area contributed by atoms with Crippen molar-refractivity contribution >= 4 is 11.8 Å². The van der Waals surface area contributed by atoms with Crippen molar-refractivity contribution in [1.82, 2.24) is 9.80 Å². The van der Waals surface area contributed by atoms with Gasteiger partial charge in [-0.05, 0) is 25.7 Å². The first-order valence-corrected chi connectivity index (χ1v) is 7.86. The molecule has 5 nitrogen and oxygen atoms in total. The molecule has 2 amide bonds. The van der Waals surface area contributed by atoms with Crippen molar-refractivity contribution in [3.63, 3.8) is 0 Å². The number of hydrogen-bond donors (Lipinski definition) is 1. The first-order chi connectivity index (χ1) is 9.52. The Bertz CT molecular complexity index is 372. The van der Waals surface area contributed by atoms with Crippen molar-refractivity contribution in [2.24, 2.45) is 17.6 Å². The van der Waals surface area contributed by atoms with Crippen LogP contribution in [-0.2, 0) is 9.59 Å². The molecule has 0 bridgehead atoms. The normalized spacial score (nSPS) is 28.6. The molecule has 0 aliphatic carbocycles. The lowest BCUT2D eigenvalue weighted by Gasteiger charge is -2.35. The van der Waals surface area contributed by atoms with Crippen molar-refractivity contribution in [2.75, 3.05) is 26.2 Å². The second-order valence-electron chi connectivity index (χ2n) is 6.27. The molecule has 2 saturated heterocycles. The molecule has 0 aromatic carbocycles. The lowest BCUT2D eigenvalue weighted by molar-refractivity contribution is -0.142. The number of nitrogens with zero attached hydrogens (tertiary/aromatic N) is 2. The number of carbonyl (C=O) groups is 2. The van der Waals surface area contributed by atoms with Gasteiger partial charge in [-0.3, -0.25) is 9.59 Å². The van der Waals surface area contributed by atoms with Gasteiger partial charge in [0.2, 0.25) is 11.8 Å². The van der Waals surface area contributed by atoms with Crippen LogP contribution in [0.4, 0.5) is 0 Å². The van der Waals surface area contributed by atoms with E-state index in [0.29, 0.717) is 13.1 Å². The van der Waals surface area contributed by atoms with E-state index in [-0.39, 0.29) is 29.7 Å². The standard InChI is InChI=1S/C15H27N3O2/c1-3-11(2)14(19)17-7-4-5-12(9-17)15(20)18-8-6-13(16)10-18/h11-13H,3-10,16H2,1-2H3/t11?,12?,13-/m1/s1. The number of hydrogen-bond acceptors (Lipinski definition) is 3. The SMILES string of the molecule is CCC(C)C(=O)N1CCCC(C(=O)N2CC[C@@H](N)C2)C1. The maximum Gasteiger partial charge on any atom is 0.227 e. The van der Waals surface area contributed by atoms with Crippen molar-refractivity contribution in [3.8, 4) is 0 Å². The molecule has 2 aliphatic rings. The van der Waals surface area contributed by atoms with Crippen LogP contribution in [0.1, 0.15) is 39.5 Å². The second-order valence-corrected chi connectivity index (χ2v) is 6.27. The number of piperidine rings is 1. The Hall–Kier alpha value is -1.10.